The van der Waals surface area contributed by atoms with Gasteiger partial charge in [0.05, 0.1) is 19.3 Å². The lowest BCUT2D eigenvalue weighted by Gasteiger charge is -2.23. The van der Waals surface area contributed by atoms with Crippen molar-refractivity contribution in [2.45, 2.75) is 18.5 Å². The van der Waals surface area contributed by atoms with Gasteiger partial charge in [-0.3, -0.25) is 0 Å². The monoisotopic (exact) mass is 195 g/mol. The Balaban J connectivity index is 3.86. The van der Waals surface area contributed by atoms with E-state index in [0.29, 0.717) is 0 Å². The van der Waals surface area contributed by atoms with Gasteiger partial charge in [-0.15, -0.1) is 0 Å². The van der Waals surface area contributed by atoms with Crippen molar-refractivity contribution in [3.8, 4) is 0 Å². The third-order valence-electron chi connectivity index (χ3n) is 1.51. The van der Waals surface area contributed by atoms with Crippen LogP contribution in [0.4, 0.5) is 0 Å². The molecule has 0 aliphatic rings. The summed E-state index contributed by atoms with van der Waals surface area (Å²) in [7, 11) is 1.64. The summed E-state index contributed by atoms with van der Waals surface area (Å²) < 4.78 is 4.73. The molecular weight excluding hydrogens is 178 g/mol. The van der Waals surface area contributed by atoms with Gasteiger partial charge >= 0.3 is 0 Å². The van der Waals surface area contributed by atoms with Gasteiger partial charge in [0.15, 0.2) is 6.29 Å². The zero-order valence-corrected chi connectivity index (χ0v) is 7.55. The molecule has 0 spiro atoms. The van der Waals surface area contributed by atoms with Crippen molar-refractivity contribution in [2.75, 3.05) is 26.8 Å². The Bertz CT molecular complexity index is 123. The summed E-state index contributed by atoms with van der Waals surface area (Å²) in [5, 5.41) is 38.1. The van der Waals surface area contributed by atoms with E-state index in [0.717, 1.165) is 0 Å². The molecule has 3 atom stereocenters. The normalized spacial score (nSPS) is 18.2. The number of aliphatic hydroxyl groups excluding tert-OH is 4. The Labute approximate surface area is 76.8 Å². The molecule has 0 aliphatic carbocycles. The molecule has 0 bridgehead atoms. The fourth-order valence-corrected chi connectivity index (χ4v) is 0.841. The zero-order valence-electron chi connectivity index (χ0n) is 7.55. The van der Waals surface area contributed by atoms with Gasteiger partial charge in [-0.05, 0) is 7.05 Å². The van der Waals surface area contributed by atoms with Crippen LogP contribution in [0.25, 0.3) is 0 Å². The first-order valence-electron chi connectivity index (χ1n) is 4.03. The van der Waals surface area contributed by atoms with Crippen molar-refractivity contribution in [1.82, 2.24) is 5.32 Å². The molecule has 6 nitrogen and oxygen atoms in total. The van der Waals surface area contributed by atoms with Crippen LogP contribution in [0, 0.1) is 0 Å². The minimum atomic E-state index is -1.37. The van der Waals surface area contributed by atoms with Crippen LogP contribution in [-0.2, 0) is 4.74 Å². The van der Waals surface area contributed by atoms with Crippen molar-refractivity contribution in [1.29, 1.82) is 0 Å². The molecule has 0 saturated carbocycles. The van der Waals surface area contributed by atoms with Gasteiger partial charge in [-0.2, -0.15) is 0 Å². The van der Waals surface area contributed by atoms with Crippen molar-refractivity contribution in [3.05, 3.63) is 0 Å². The number of hydrogen-bond donors (Lipinski definition) is 5. The molecule has 0 radical (unpaired) electrons. The molecule has 0 heterocycles. The number of likely N-dealkylation sites (N-methyl/N-ethyl adjacent to an activating group) is 1. The summed E-state index contributed by atoms with van der Waals surface area (Å²) >= 11 is 0. The predicted octanol–water partition coefficient (Wildman–Crippen LogP) is -2.75. The van der Waals surface area contributed by atoms with E-state index in [1.807, 2.05) is 0 Å². The lowest BCUT2D eigenvalue weighted by Crippen LogP contribution is -2.42. The molecule has 0 aromatic carbocycles. The van der Waals surface area contributed by atoms with Crippen molar-refractivity contribution in [2.24, 2.45) is 0 Å². The minimum absolute atomic E-state index is 0.239. The molecule has 0 saturated heterocycles. The average Bonchev–Trinajstić information content (AvgIpc) is 2.14. The highest BCUT2D eigenvalue weighted by Gasteiger charge is 2.21. The molecule has 0 fully saturated rings. The zero-order chi connectivity index (χ0) is 10.3. The third kappa shape index (κ3) is 5.14. The van der Waals surface area contributed by atoms with Gasteiger partial charge in [0.25, 0.3) is 0 Å². The lowest BCUT2D eigenvalue weighted by atomic mass is 10.2. The predicted molar refractivity (Wildman–Crippen MR) is 45.0 cm³/mol. The number of ether oxygens (including phenoxy) is 1. The Morgan fingerprint density at radius 3 is 2.23 bits per heavy atom. The fraction of sp³-hybridized carbons (Fsp3) is 1.00. The minimum Gasteiger partial charge on any atom is -0.394 e. The maximum absolute atomic E-state index is 9.31. The standard InChI is InChI=1S/C7H17NO5/c1-8-2-5(11)6(3-9)13-7(12)4-10/h5-12H,2-4H2,1H3. The Morgan fingerprint density at radius 1 is 1.23 bits per heavy atom. The van der Waals surface area contributed by atoms with Gasteiger partial charge in [-0.25, -0.2) is 0 Å². The number of nitrogens with one attached hydrogen (secondary N) is 1. The second-order valence-electron chi connectivity index (χ2n) is 2.62. The Hall–Kier alpha value is -0.240. The van der Waals surface area contributed by atoms with Gasteiger partial charge in [0.1, 0.15) is 6.10 Å². The second-order valence-corrected chi connectivity index (χ2v) is 2.62. The van der Waals surface area contributed by atoms with Crippen molar-refractivity contribution < 1.29 is 25.2 Å². The molecular formula is C7H17NO5. The fourth-order valence-electron chi connectivity index (χ4n) is 0.841. The Kier molecular flexibility index (Phi) is 7.06. The molecule has 0 aromatic heterocycles. The summed E-state index contributed by atoms with van der Waals surface area (Å²) in [6.45, 7) is -0.744. The highest BCUT2D eigenvalue weighted by molar-refractivity contribution is 4.70. The second kappa shape index (κ2) is 7.19. The Morgan fingerprint density at radius 2 is 1.85 bits per heavy atom. The molecule has 0 aliphatic heterocycles. The van der Waals surface area contributed by atoms with Gasteiger partial charge < -0.3 is 30.5 Å². The summed E-state index contributed by atoms with van der Waals surface area (Å²) in [6.07, 6.45) is -3.19. The summed E-state index contributed by atoms with van der Waals surface area (Å²) in [5.74, 6) is 0. The van der Waals surface area contributed by atoms with E-state index in [2.05, 4.69) is 5.32 Å². The molecule has 3 unspecified atom stereocenters. The van der Waals surface area contributed by atoms with Gasteiger partial charge in [0, 0.05) is 6.54 Å². The first kappa shape index (κ1) is 12.8. The van der Waals surface area contributed by atoms with E-state index in [4.69, 9.17) is 20.1 Å². The molecule has 0 amide bonds. The SMILES string of the molecule is CNCC(O)C(CO)OC(O)CO. The van der Waals surface area contributed by atoms with Crippen LogP contribution < -0.4 is 5.32 Å². The van der Waals surface area contributed by atoms with E-state index >= 15 is 0 Å². The smallest absolute Gasteiger partial charge is 0.178 e. The molecule has 80 valence electrons. The van der Waals surface area contributed by atoms with E-state index in [1.54, 1.807) is 7.05 Å². The number of aliphatic hydroxyl groups is 4. The van der Waals surface area contributed by atoms with Crippen LogP contribution in [0.1, 0.15) is 0 Å². The van der Waals surface area contributed by atoms with Crippen LogP contribution in [0.5, 0.6) is 0 Å². The highest BCUT2D eigenvalue weighted by atomic mass is 16.6. The first-order valence-corrected chi connectivity index (χ1v) is 4.03. The third-order valence-corrected chi connectivity index (χ3v) is 1.51. The largest absolute Gasteiger partial charge is 0.394 e. The molecule has 0 aromatic rings. The van der Waals surface area contributed by atoms with Crippen molar-refractivity contribution in [3.63, 3.8) is 0 Å². The van der Waals surface area contributed by atoms with Gasteiger partial charge in [-0.1, -0.05) is 0 Å². The van der Waals surface area contributed by atoms with E-state index < -0.39 is 31.7 Å². The van der Waals surface area contributed by atoms with Crippen LogP contribution >= 0.6 is 0 Å². The van der Waals surface area contributed by atoms with Crippen LogP contribution in [0.2, 0.25) is 0 Å². The molecule has 13 heavy (non-hydrogen) atoms. The maximum Gasteiger partial charge on any atom is 0.178 e. The highest BCUT2D eigenvalue weighted by Crippen LogP contribution is 2.01. The average molecular weight is 195 g/mol. The van der Waals surface area contributed by atoms with E-state index in [1.165, 1.54) is 0 Å². The number of hydrogen-bond acceptors (Lipinski definition) is 6. The topological polar surface area (TPSA) is 102 Å². The first-order chi connectivity index (χ1) is 6.15. The number of rotatable bonds is 7. The van der Waals surface area contributed by atoms with Crippen LogP contribution in [-0.4, -0.2) is 65.7 Å². The summed E-state index contributed by atoms with van der Waals surface area (Å²) in [6, 6.07) is 0. The van der Waals surface area contributed by atoms with Crippen LogP contribution in [0.3, 0.4) is 0 Å². The maximum atomic E-state index is 9.31. The van der Waals surface area contributed by atoms with Crippen LogP contribution in [0.15, 0.2) is 0 Å². The molecule has 5 N–H and O–H groups in total. The molecule has 0 rings (SSSR count). The van der Waals surface area contributed by atoms with Gasteiger partial charge in [0.2, 0.25) is 0 Å². The van der Waals surface area contributed by atoms with E-state index in [9.17, 15) is 5.11 Å². The summed E-state index contributed by atoms with van der Waals surface area (Å²) in [5.41, 5.74) is 0. The van der Waals surface area contributed by atoms with E-state index in [-0.39, 0.29) is 6.54 Å². The molecule has 6 heteroatoms. The summed E-state index contributed by atoms with van der Waals surface area (Å²) in [4.78, 5) is 0. The lowest BCUT2D eigenvalue weighted by molar-refractivity contribution is -0.188. The van der Waals surface area contributed by atoms with Crippen molar-refractivity contribution >= 4 is 0 Å². The quantitative estimate of drug-likeness (QED) is 0.282.